The van der Waals surface area contributed by atoms with E-state index in [-0.39, 0.29) is 21.6 Å². The molecule has 2 aliphatic rings. The van der Waals surface area contributed by atoms with E-state index >= 15 is 0 Å². The molecular formula is C12H13BrFNO3S. The lowest BCUT2D eigenvalue weighted by molar-refractivity contribution is -0.0114. The summed E-state index contributed by atoms with van der Waals surface area (Å²) in [4.78, 5) is -0.00509. The Hall–Kier alpha value is -0.500. The van der Waals surface area contributed by atoms with Gasteiger partial charge < -0.3 is 4.74 Å². The fourth-order valence-corrected chi connectivity index (χ4v) is 4.32. The molecule has 0 spiro atoms. The van der Waals surface area contributed by atoms with Crippen LogP contribution in [0.4, 0.5) is 4.39 Å². The second kappa shape index (κ2) is 4.80. The summed E-state index contributed by atoms with van der Waals surface area (Å²) < 4.78 is 45.7. The monoisotopic (exact) mass is 349 g/mol. The van der Waals surface area contributed by atoms with E-state index in [1.807, 2.05) is 0 Å². The van der Waals surface area contributed by atoms with Crippen molar-refractivity contribution in [3.8, 4) is 0 Å². The molecule has 1 aromatic rings. The highest BCUT2D eigenvalue weighted by molar-refractivity contribution is 9.10. The Morgan fingerprint density at radius 3 is 2.47 bits per heavy atom. The summed E-state index contributed by atoms with van der Waals surface area (Å²) in [6.07, 6.45) is 1.75. The third-order valence-electron chi connectivity index (χ3n) is 3.54. The summed E-state index contributed by atoms with van der Waals surface area (Å²) in [7, 11) is -3.63. The minimum Gasteiger partial charge on any atom is -0.372 e. The number of ether oxygens (including phenoxy) is 1. The molecule has 2 fully saturated rings. The van der Waals surface area contributed by atoms with Gasteiger partial charge in [0.15, 0.2) is 0 Å². The molecule has 19 heavy (non-hydrogen) atoms. The van der Waals surface area contributed by atoms with Crippen molar-refractivity contribution >= 4 is 26.0 Å². The van der Waals surface area contributed by atoms with Crippen LogP contribution in [0.3, 0.4) is 0 Å². The molecule has 0 amide bonds. The summed E-state index contributed by atoms with van der Waals surface area (Å²) in [6.45, 7) is 0.715. The molecule has 0 aromatic heterocycles. The molecule has 0 N–H and O–H groups in total. The van der Waals surface area contributed by atoms with E-state index in [4.69, 9.17) is 4.74 Å². The summed E-state index contributed by atoms with van der Waals surface area (Å²) in [5, 5.41) is 0. The van der Waals surface area contributed by atoms with E-state index < -0.39 is 15.8 Å². The van der Waals surface area contributed by atoms with E-state index in [0.29, 0.717) is 13.1 Å². The Labute approximate surface area is 119 Å². The van der Waals surface area contributed by atoms with Gasteiger partial charge in [0.2, 0.25) is 10.0 Å². The van der Waals surface area contributed by atoms with Crippen molar-refractivity contribution < 1.29 is 17.5 Å². The maximum absolute atomic E-state index is 13.5. The van der Waals surface area contributed by atoms with Crippen LogP contribution in [0.1, 0.15) is 12.8 Å². The smallest absolute Gasteiger partial charge is 0.243 e. The average molecular weight is 350 g/mol. The van der Waals surface area contributed by atoms with Gasteiger partial charge in [-0.25, -0.2) is 12.8 Å². The fourth-order valence-electron chi connectivity index (χ4n) is 2.56. The largest absolute Gasteiger partial charge is 0.372 e. The normalized spacial score (nSPS) is 27.7. The third kappa shape index (κ3) is 2.44. The number of morpholine rings is 1. The summed E-state index contributed by atoms with van der Waals surface area (Å²) in [6, 6.07) is 3.88. The Balaban J connectivity index is 1.91. The van der Waals surface area contributed by atoms with Crippen molar-refractivity contribution in [2.45, 2.75) is 29.9 Å². The van der Waals surface area contributed by atoms with Crippen LogP contribution in [-0.4, -0.2) is 38.0 Å². The maximum Gasteiger partial charge on any atom is 0.243 e. The number of benzene rings is 1. The van der Waals surface area contributed by atoms with E-state index in [1.54, 1.807) is 0 Å². The van der Waals surface area contributed by atoms with Crippen LogP contribution in [0.2, 0.25) is 0 Å². The molecular weight excluding hydrogens is 337 g/mol. The Morgan fingerprint density at radius 2 is 1.89 bits per heavy atom. The number of nitrogens with zero attached hydrogens (tertiary/aromatic N) is 1. The Kier molecular flexibility index (Phi) is 3.41. The third-order valence-corrected chi connectivity index (χ3v) is 6.01. The molecule has 104 valence electrons. The van der Waals surface area contributed by atoms with E-state index in [9.17, 15) is 12.8 Å². The molecule has 0 aliphatic carbocycles. The van der Waals surface area contributed by atoms with Crippen molar-refractivity contribution in [2.75, 3.05) is 13.1 Å². The molecule has 2 aliphatic heterocycles. The van der Waals surface area contributed by atoms with Gasteiger partial charge in [-0.1, -0.05) is 0 Å². The predicted octanol–water partition coefficient (Wildman–Crippen LogP) is 2.14. The average Bonchev–Trinajstić information content (AvgIpc) is 2.71. The number of rotatable bonds is 2. The molecule has 1 aromatic carbocycles. The number of hydrogen-bond donors (Lipinski definition) is 0. The molecule has 2 bridgehead atoms. The lowest BCUT2D eigenvalue weighted by atomic mass is 10.2. The Morgan fingerprint density at radius 1 is 1.26 bits per heavy atom. The summed E-state index contributed by atoms with van der Waals surface area (Å²) >= 11 is 3.02. The molecule has 3 rings (SSSR count). The van der Waals surface area contributed by atoms with Crippen LogP contribution >= 0.6 is 15.9 Å². The minimum absolute atomic E-state index is 0.00509. The lowest BCUT2D eigenvalue weighted by Gasteiger charge is -2.31. The van der Waals surface area contributed by atoms with Gasteiger partial charge in [-0.15, -0.1) is 0 Å². The summed E-state index contributed by atoms with van der Waals surface area (Å²) in [5.41, 5.74) is 0. The second-order valence-electron chi connectivity index (χ2n) is 4.86. The first-order chi connectivity index (χ1) is 8.96. The van der Waals surface area contributed by atoms with Crippen molar-refractivity contribution in [1.82, 2.24) is 4.31 Å². The highest BCUT2D eigenvalue weighted by Gasteiger charge is 2.39. The first-order valence-corrected chi connectivity index (χ1v) is 8.31. The zero-order valence-corrected chi connectivity index (χ0v) is 12.5. The van der Waals surface area contributed by atoms with Gasteiger partial charge in [0.1, 0.15) is 5.82 Å². The maximum atomic E-state index is 13.5. The summed E-state index contributed by atoms with van der Waals surface area (Å²) in [5.74, 6) is -0.572. The highest BCUT2D eigenvalue weighted by atomic mass is 79.9. The van der Waals surface area contributed by atoms with Crippen LogP contribution in [0.25, 0.3) is 0 Å². The van der Waals surface area contributed by atoms with Crippen molar-refractivity contribution in [1.29, 1.82) is 0 Å². The number of hydrogen-bond acceptors (Lipinski definition) is 3. The molecule has 2 atom stereocenters. The van der Waals surface area contributed by atoms with Gasteiger partial charge in [-0.3, -0.25) is 0 Å². The number of halogens is 2. The van der Waals surface area contributed by atoms with Crippen LogP contribution in [0.15, 0.2) is 27.6 Å². The van der Waals surface area contributed by atoms with Crippen molar-refractivity contribution in [3.05, 3.63) is 28.5 Å². The van der Waals surface area contributed by atoms with E-state index in [1.165, 1.54) is 16.4 Å². The van der Waals surface area contributed by atoms with Gasteiger partial charge in [-0.2, -0.15) is 4.31 Å². The van der Waals surface area contributed by atoms with E-state index in [0.717, 1.165) is 18.9 Å². The predicted molar refractivity (Wildman–Crippen MR) is 70.8 cm³/mol. The SMILES string of the molecule is O=S(=O)(c1ccc(Br)c(F)c1)N1CC2CCC(C1)O2. The number of sulfonamides is 1. The zero-order valence-electron chi connectivity index (χ0n) is 10.1. The Bertz CT molecular complexity index is 595. The zero-order chi connectivity index (χ0) is 13.6. The van der Waals surface area contributed by atoms with Crippen LogP contribution in [0, 0.1) is 5.82 Å². The van der Waals surface area contributed by atoms with Crippen LogP contribution in [-0.2, 0) is 14.8 Å². The topological polar surface area (TPSA) is 46.6 Å². The van der Waals surface area contributed by atoms with Gasteiger partial charge in [0.05, 0.1) is 21.6 Å². The molecule has 4 nitrogen and oxygen atoms in total. The molecule has 2 saturated heterocycles. The molecule has 0 radical (unpaired) electrons. The lowest BCUT2D eigenvalue weighted by Crippen LogP contribution is -2.45. The first kappa shape index (κ1) is 13.5. The van der Waals surface area contributed by atoms with Crippen LogP contribution in [0.5, 0.6) is 0 Å². The quantitative estimate of drug-likeness (QED) is 0.821. The van der Waals surface area contributed by atoms with Crippen molar-refractivity contribution in [3.63, 3.8) is 0 Å². The standard InChI is InChI=1S/C12H13BrFNO3S/c13-11-4-3-10(5-12(11)14)19(16,17)15-6-8-1-2-9(7-15)18-8/h3-5,8-9H,1-2,6-7H2. The fraction of sp³-hybridized carbons (Fsp3) is 0.500. The van der Waals surface area contributed by atoms with Gasteiger partial charge in [0.25, 0.3) is 0 Å². The second-order valence-corrected chi connectivity index (χ2v) is 7.65. The molecule has 0 saturated carbocycles. The molecule has 2 unspecified atom stereocenters. The van der Waals surface area contributed by atoms with Gasteiger partial charge >= 0.3 is 0 Å². The molecule has 7 heteroatoms. The van der Waals surface area contributed by atoms with E-state index in [2.05, 4.69) is 15.9 Å². The molecule has 2 heterocycles. The van der Waals surface area contributed by atoms with Gasteiger partial charge in [-0.05, 0) is 47.0 Å². The highest BCUT2D eigenvalue weighted by Crippen LogP contribution is 2.30. The van der Waals surface area contributed by atoms with Gasteiger partial charge in [0, 0.05) is 13.1 Å². The first-order valence-electron chi connectivity index (χ1n) is 6.07. The minimum atomic E-state index is -3.63. The van der Waals surface area contributed by atoms with Crippen LogP contribution < -0.4 is 0 Å². The van der Waals surface area contributed by atoms with Crippen molar-refractivity contribution in [2.24, 2.45) is 0 Å². The number of fused-ring (bicyclic) bond motifs is 2.